The minimum absolute atomic E-state index is 0.0478. The van der Waals surface area contributed by atoms with Gasteiger partial charge in [-0.2, -0.15) is 13.2 Å². The Balaban J connectivity index is 1.59. The van der Waals surface area contributed by atoms with Crippen LogP contribution in [0.15, 0.2) is 60.7 Å². The second-order valence-electron chi connectivity index (χ2n) is 7.59. The molecule has 2 N–H and O–H groups in total. The van der Waals surface area contributed by atoms with E-state index in [1.54, 1.807) is 12.1 Å². The minimum atomic E-state index is -4.53. The molecular weight excluding hydrogens is 467 g/mol. The van der Waals surface area contributed by atoms with Crippen LogP contribution < -0.4 is 15.5 Å². The number of nitrogens with zero attached hydrogens (tertiary/aromatic N) is 1. The van der Waals surface area contributed by atoms with Gasteiger partial charge in [0.15, 0.2) is 0 Å². The van der Waals surface area contributed by atoms with Gasteiger partial charge in [0, 0.05) is 18.7 Å². The maximum atomic E-state index is 13.1. The monoisotopic (exact) mass is 489 g/mol. The lowest BCUT2D eigenvalue weighted by atomic mass is 10.1. The quantitative estimate of drug-likeness (QED) is 0.522. The van der Waals surface area contributed by atoms with Gasteiger partial charge in [-0.1, -0.05) is 42.5 Å². The summed E-state index contributed by atoms with van der Waals surface area (Å²) in [4.78, 5) is 28.0. The molecule has 0 atom stereocenters. The first-order valence-corrected chi connectivity index (χ1v) is 11.4. The first-order valence-electron chi connectivity index (χ1n) is 10.6. The van der Waals surface area contributed by atoms with E-state index in [-0.39, 0.29) is 11.3 Å². The standard InChI is InChI=1S/C24H22F3N3O3S/c25-24(26,27)15-28-21(31)17-8-4-5-9-19(17)29-22(32)20-14-18(16-6-2-1-3-7-16)23(34-20)30-10-12-33-13-11-30/h1-9,14H,10-13,15H2,(H,28,31)(H,29,32). The van der Waals surface area contributed by atoms with Crippen molar-refractivity contribution in [3.63, 3.8) is 0 Å². The molecule has 34 heavy (non-hydrogen) atoms. The Morgan fingerprint density at radius 3 is 2.35 bits per heavy atom. The number of alkyl halides is 3. The molecular formula is C24H22F3N3O3S. The molecule has 0 bridgehead atoms. The van der Waals surface area contributed by atoms with E-state index in [2.05, 4.69) is 10.2 Å². The average molecular weight is 490 g/mol. The summed E-state index contributed by atoms with van der Waals surface area (Å²) in [5, 5.41) is 5.47. The van der Waals surface area contributed by atoms with Crippen molar-refractivity contribution in [2.45, 2.75) is 6.18 Å². The number of benzene rings is 2. The molecule has 6 nitrogen and oxygen atoms in total. The van der Waals surface area contributed by atoms with Gasteiger partial charge in [-0.3, -0.25) is 9.59 Å². The van der Waals surface area contributed by atoms with Gasteiger partial charge in [0.25, 0.3) is 11.8 Å². The number of thiophene rings is 1. The third-order valence-corrected chi connectivity index (χ3v) is 6.38. The van der Waals surface area contributed by atoms with E-state index in [1.165, 1.54) is 29.5 Å². The number of hydrogen-bond acceptors (Lipinski definition) is 5. The highest BCUT2D eigenvalue weighted by Crippen LogP contribution is 2.39. The number of amides is 2. The van der Waals surface area contributed by atoms with Crippen molar-refractivity contribution < 1.29 is 27.5 Å². The van der Waals surface area contributed by atoms with E-state index in [1.807, 2.05) is 35.6 Å². The molecule has 3 aromatic rings. The van der Waals surface area contributed by atoms with Crippen LogP contribution in [-0.2, 0) is 4.74 Å². The molecule has 1 aliphatic heterocycles. The van der Waals surface area contributed by atoms with Crippen molar-refractivity contribution in [3.8, 4) is 11.1 Å². The van der Waals surface area contributed by atoms with Crippen molar-refractivity contribution in [3.05, 3.63) is 71.1 Å². The molecule has 0 saturated carbocycles. The smallest absolute Gasteiger partial charge is 0.378 e. The molecule has 0 radical (unpaired) electrons. The molecule has 2 aromatic carbocycles. The SMILES string of the molecule is O=C(Nc1ccccc1C(=O)NCC(F)(F)F)c1cc(-c2ccccc2)c(N2CCOCC2)s1. The maximum absolute atomic E-state index is 13.1. The number of morpholine rings is 1. The van der Waals surface area contributed by atoms with Crippen LogP contribution in [0, 0.1) is 0 Å². The molecule has 0 aliphatic carbocycles. The molecule has 4 rings (SSSR count). The van der Waals surface area contributed by atoms with Gasteiger partial charge in [0.2, 0.25) is 0 Å². The maximum Gasteiger partial charge on any atom is 0.405 e. The molecule has 10 heteroatoms. The fourth-order valence-corrected chi connectivity index (χ4v) is 4.70. The fourth-order valence-electron chi connectivity index (χ4n) is 3.57. The van der Waals surface area contributed by atoms with Gasteiger partial charge in [-0.15, -0.1) is 11.3 Å². The molecule has 1 saturated heterocycles. The van der Waals surface area contributed by atoms with Crippen LogP contribution in [0.25, 0.3) is 11.1 Å². The third-order valence-electron chi connectivity index (χ3n) is 5.19. The summed E-state index contributed by atoms with van der Waals surface area (Å²) in [7, 11) is 0. The highest BCUT2D eigenvalue weighted by atomic mass is 32.1. The predicted octanol–water partition coefficient (Wildman–Crippen LogP) is 4.80. The number of carbonyl (C=O) groups excluding carboxylic acids is 2. The van der Waals surface area contributed by atoms with Gasteiger partial charge in [-0.05, 0) is 23.8 Å². The number of carbonyl (C=O) groups is 2. The molecule has 178 valence electrons. The number of anilines is 2. The highest BCUT2D eigenvalue weighted by Gasteiger charge is 2.28. The van der Waals surface area contributed by atoms with E-state index in [0.29, 0.717) is 31.2 Å². The van der Waals surface area contributed by atoms with Gasteiger partial charge in [-0.25, -0.2) is 0 Å². The van der Waals surface area contributed by atoms with Gasteiger partial charge in [0.05, 0.1) is 34.3 Å². The van der Waals surface area contributed by atoms with Crippen LogP contribution in [0.1, 0.15) is 20.0 Å². The Morgan fingerprint density at radius 1 is 0.971 bits per heavy atom. The Hall–Kier alpha value is -3.37. The van der Waals surface area contributed by atoms with Crippen LogP contribution in [0.4, 0.5) is 23.9 Å². The molecule has 1 aromatic heterocycles. The number of rotatable bonds is 6. The Kier molecular flexibility index (Phi) is 7.18. The molecule has 0 unspecified atom stereocenters. The topological polar surface area (TPSA) is 70.7 Å². The lowest BCUT2D eigenvalue weighted by molar-refractivity contribution is -0.123. The van der Waals surface area contributed by atoms with Crippen LogP contribution in [0.5, 0.6) is 0 Å². The predicted molar refractivity (Wildman–Crippen MR) is 126 cm³/mol. The van der Waals surface area contributed by atoms with E-state index in [0.717, 1.165) is 16.1 Å². The highest BCUT2D eigenvalue weighted by molar-refractivity contribution is 7.18. The van der Waals surface area contributed by atoms with Crippen molar-refractivity contribution in [1.29, 1.82) is 0 Å². The van der Waals surface area contributed by atoms with Crippen molar-refractivity contribution in [2.24, 2.45) is 0 Å². The van der Waals surface area contributed by atoms with Gasteiger partial charge >= 0.3 is 6.18 Å². The van der Waals surface area contributed by atoms with Gasteiger partial charge < -0.3 is 20.3 Å². The van der Waals surface area contributed by atoms with Crippen LogP contribution in [0.2, 0.25) is 0 Å². The lowest BCUT2D eigenvalue weighted by Gasteiger charge is -2.28. The van der Waals surface area contributed by atoms with E-state index < -0.39 is 24.5 Å². The van der Waals surface area contributed by atoms with Crippen molar-refractivity contribution >= 4 is 33.8 Å². The lowest BCUT2D eigenvalue weighted by Crippen LogP contribution is -2.35. The second kappa shape index (κ2) is 10.3. The number of ether oxygens (including phenoxy) is 1. The summed E-state index contributed by atoms with van der Waals surface area (Å²) < 4.78 is 43.0. The summed E-state index contributed by atoms with van der Waals surface area (Å²) in [6.45, 7) is 1.12. The molecule has 1 fully saturated rings. The van der Waals surface area contributed by atoms with Crippen LogP contribution in [0.3, 0.4) is 0 Å². The summed E-state index contributed by atoms with van der Waals surface area (Å²) in [6.07, 6.45) is -4.53. The van der Waals surface area contributed by atoms with Crippen molar-refractivity contribution in [2.75, 3.05) is 43.1 Å². The second-order valence-corrected chi connectivity index (χ2v) is 8.62. The van der Waals surface area contributed by atoms with Crippen molar-refractivity contribution in [1.82, 2.24) is 5.32 Å². The zero-order valence-corrected chi connectivity index (χ0v) is 18.8. The average Bonchev–Trinajstić information content (AvgIpc) is 3.29. The number of hydrogen-bond donors (Lipinski definition) is 2. The summed E-state index contributed by atoms with van der Waals surface area (Å²) >= 11 is 1.33. The van der Waals surface area contributed by atoms with Gasteiger partial charge in [0.1, 0.15) is 6.54 Å². The first-order chi connectivity index (χ1) is 16.3. The van der Waals surface area contributed by atoms with E-state index >= 15 is 0 Å². The molecule has 1 aliphatic rings. The fraction of sp³-hybridized carbons (Fsp3) is 0.250. The zero-order valence-electron chi connectivity index (χ0n) is 18.0. The van der Waals surface area contributed by atoms with Crippen LogP contribution >= 0.6 is 11.3 Å². The summed E-state index contributed by atoms with van der Waals surface area (Å²) in [5.74, 6) is -1.36. The summed E-state index contributed by atoms with van der Waals surface area (Å²) in [5.41, 5.74) is 1.96. The summed E-state index contributed by atoms with van der Waals surface area (Å²) in [6, 6.07) is 17.5. The largest absolute Gasteiger partial charge is 0.405 e. The van der Waals surface area contributed by atoms with E-state index in [9.17, 15) is 22.8 Å². The Morgan fingerprint density at radius 2 is 1.65 bits per heavy atom. The number of para-hydroxylation sites is 1. The Labute approximate surface area is 198 Å². The Bertz CT molecular complexity index is 1160. The first kappa shape index (κ1) is 23.8. The zero-order chi connectivity index (χ0) is 24.1. The normalized spacial score (nSPS) is 14.0. The molecule has 2 heterocycles. The number of halogens is 3. The minimum Gasteiger partial charge on any atom is -0.378 e. The number of nitrogens with one attached hydrogen (secondary N) is 2. The molecule has 2 amide bonds. The van der Waals surface area contributed by atoms with E-state index in [4.69, 9.17) is 4.74 Å². The molecule has 0 spiro atoms. The van der Waals surface area contributed by atoms with Crippen LogP contribution in [-0.4, -0.2) is 50.8 Å². The third kappa shape index (κ3) is 5.75.